The molecule has 184 valence electrons. The topological polar surface area (TPSA) is 62.5 Å². The molecule has 0 saturated carbocycles. The monoisotopic (exact) mass is 484 g/mol. The highest BCUT2D eigenvalue weighted by Gasteiger charge is 2.33. The molecule has 5 nitrogen and oxygen atoms in total. The van der Waals surface area contributed by atoms with E-state index >= 15 is 0 Å². The molecule has 4 aromatic rings. The van der Waals surface area contributed by atoms with E-state index in [9.17, 15) is 19.1 Å². The molecule has 0 spiro atoms. The number of carbonyl (C=O) groups excluding carboxylic acids is 1. The van der Waals surface area contributed by atoms with E-state index in [1.807, 2.05) is 72.6 Å². The van der Waals surface area contributed by atoms with Gasteiger partial charge in [-0.05, 0) is 60.6 Å². The normalized spacial score (nSPS) is 15.9. The number of benzene rings is 3. The highest BCUT2D eigenvalue weighted by atomic mass is 19.1. The van der Waals surface area contributed by atoms with Crippen LogP contribution >= 0.6 is 0 Å². The number of fused-ring (bicyclic) bond motifs is 3. The second kappa shape index (κ2) is 9.97. The molecule has 1 aromatic heterocycles. The van der Waals surface area contributed by atoms with Gasteiger partial charge >= 0.3 is 5.97 Å². The lowest BCUT2D eigenvalue weighted by molar-refractivity contribution is -0.137. The second-order valence-electron chi connectivity index (χ2n) is 9.57. The van der Waals surface area contributed by atoms with E-state index in [0.717, 1.165) is 39.7 Å². The molecule has 1 aliphatic rings. The fourth-order valence-corrected chi connectivity index (χ4v) is 5.56. The van der Waals surface area contributed by atoms with E-state index in [0.29, 0.717) is 19.3 Å². The van der Waals surface area contributed by atoms with Crippen molar-refractivity contribution in [3.8, 4) is 0 Å². The Kier molecular flexibility index (Phi) is 6.59. The third-order valence-electron chi connectivity index (χ3n) is 7.37. The van der Waals surface area contributed by atoms with Crippen LogP contribution in [-0.4, -0.2) is 39.5 Å². The van der Waals surface area contributed by atoms with E-state index in [-0.39, 0.29) is 30.2 Å². The van der Waals surface area contributed by atoms with Crippen LogP contribution in [-0.2, 0) is 35.4 Å². The molecule has 0 unspecified atom stereocenters. The SMILES string of the molecule is CN(C(=O)[C@@H](Cc1ccccc1)c1ccccc1)[C@H]1CCc2c(c3cc(F)ccc3n2CC(=O)O)C1. The lowest BCUT2D eigenvalue weighted by Crippen LogP contribution is -2.43. The zero-order valence-corrected chi connectivity index (χ0v) is 20.2. The lowest BCUT2D eigenvalue weighted by atomic mass is 9.87. The smallest absolute Gasteiger partial charge is 0.323 e. The molecule has 2 atom stereocenters. The summed E-state index contributed by atoms with van der Waals surface area (Å²) in [5, 5.41) is 10.2. The fraction of sp³-hybridized carbons (Fsp3) is 0.267. The third kappa shape index (κ3) is 4.63. The predicted octanol–water partition coefficient (Wildman–Crippen LogP) is 5.21. The Labute approximate surface area is 209 Å². The fourth-order valence-electron chi connectivity index (χ4n) is 5.56. The average Bonchev–Trinajstić information content (AvgIpc) is 3.19. The van der Waals surface area contributed by atoms with Gasteiger partial charge in [0.2, 0.25) is 5.91 Å². The van der Waals surface area contributed by atoms with Crippen LogP contribution in [0.15, 0.2) is 78.9 Å². The van der Waals surface area contributed by atoms with Crippen LogP contribution in [0.1, 0.15) is 34.7 Å². The van der Waals surface area contributed by atoms with Crippen molar-refractivity contribution in [2.24, 2.45) is 0 Å². The number of hydrogen-bond acceptors (Lipinski definition) is 2. The van der Waals surface area contributed by atoms with Gasteiger partial charge in [-0.1, -0.05) is 60.7 Å². The molecule has 6 heteroatoms. The van der Waals surface area contributed by atoms with Crippen LogP contribution in [0, 0.1) is 5.82 Å². The number of hydrogen-bond donors (Lipinski definition) is 1. The van der Waals surface area contributed by atoms with Crippen molar-refractivity contribution in [3.63, 3.8) is 0 Å². The molecule has 0 bridgehead atoms. The molecule has 1 N–H and O–H groups in total. The molecule has 0 fully saturated rings. The number of aliphatic carboxylic acids is 1. The summed E-state index contributed by atoms with van der Waals surface area (Å²) in [6.07, 6.45) is 2.53. The minimum absolute atomic E-state index is 0.0546. The van der Waals surface area contributed by atoms with Crippen LogP contribution in [0.4, 0.5) is 4.39 Å². The van der Waals surface area contributed by atoms with E-state index < -0.39 is 5.97 Å². The maximum atomic E-state index is 14.2. The van der Waals surface area contributed by atoms with Crippen molar-refractivity contribution >= 4 is 22.8 Å². The number of halogens is 1. The Bertz CT molecular complexity index is 1400. The molecule has 1 heterocycles. The molecule has 36 heavy (non-hydrogen) atoms. The van der Waals surface area contributed by atoms with Crippen molar-refractivity contribution in [3.05, 3.63) is 107 Å². The van der Waals surface area contributed by atoms with Crippen LogP contribution < -0.4 is 0 Å². The summed E-state index contributed by atoms with van der Waals surface area (Å²) in [7, 11) is 1.86. The van der Waals surface area contributed by atoms with E-state index in [2.05, 4.69) is 0 Å². The highest BCUT2D eigenvalue weighted by Crippen LogP contribution is 2.35. The quantitative estimate of drug-likeness (QED) is 0.392. The van der Waals surface area contributed by atoms with Gasteiger partial charge in [-0.3, -0.25) is 9.59 Å². The predicted molar refractivity (Wildman–Crippen MR) is 137 cm³/mol. The van der Waals surface area contributed by atoms with E-state index in [4.69, 9.17) is 0 Å². The molecule has 1 amide bonds. The summed E-state index contributed by atoms with van der Waals surface area (Å²) >= 11 is 0. The number of amides is 1. The minimum Gasteiger partial charge on any atom is -0.480 e. The summed E-state index contributed by atoms with van der Waals surface area (Å²) in [5.41, 5.74) is 4.69. The number of likely N-dealkylation sites (N-methyl/N-ethyl adjacent to an activating group) is 1. The number of carboxylic acids is 1. The number of aromatic nitrogens is 1. The molecular weight excluding hydrogens is 455 g/mol. The molecule has 1 aliphatic carbocycles. The molecule has 0 radical (unpaired) electrons. The van der Waals surface area contributed by atoms with Gasteiger partial charge in [0, 0.05) is 29.7 Å². The van der Waals surface area contributed by atoms with Gasteiger partial charge in [0.1, 0.15) is 12.4 Å². The van der Waals surface area contributed by atoms with Gasteiger partial charge in [0.15, 0.2) is 0 Å². The summed E-state index contributed by atoms with van der Waals surface area (Å²) in [6.45, 7) is -0.163. The van der Waals surface area contributed by atoms with E-state index in [1.54, 1.807) is 10.6 Å². The van der Waals surface area contributed by atoms with Crippen molar-refractivity contribution in [2.75, 3.05) is 7.05 Å². The summed E-state index contributed by atoms with van der Waals surface area (Å²) in [5.74, 6) is -1.54. The average molecular weight is 485 g/mol. The molecule has 0 aliphatic heterocycles. The molecule has 3 aromatic carbocycles. The van der Waals surface area contributed by atoms with Gasteiger partial charge < -0.3 is 14.6 Å². The first kappa shape index (κ1) is 23.8. The lowest BCUT2D eigenvalue weighted by Gasteiger charge is -2.34. The van der Waals surface area contributed by atoms with E-state index in [1.165, 1.54) is 12.1 Å². The zero-order chi connectivity index (χ0) is 25.2. The Morgan fingerprint density at radius 3 is 2.44 bits per heavy atom. The second-order valence-corrected chi connectivity index (χ2v) is 9.57. The van der Waals surface area contributed by atoms with Crippen molar-refractivity contribution in [2.45, 2.75) is 44.2 Å². The highest BCUT2D eigenvalue weighted by molar-refractivity contribution is 5.88. The standard InChI is InChI=1S/C30H29FN2O3/c1-32(30(36)24(21-10-6-3-7-11-21)16-20-8-4-2-5-9-20)23-13-15-28-26(18-23)25-17-22(31)12-14-27(25)33(28)19-29(34)35/h2-12,14,17,23-24H,13,15-16,18-19H2,1H3,(H,34,35)/t23-,24-/m0/s1. The molecule has 0 saturated heterocycles. The van der Waals surface area contributed by atoms with Gasteiger partial charge in [-0.25, -0.2) is 4.39 Å². The van der Waals surface area contributed by atoms with Gasteiger partial charge in [-0.15, -0.1) is 0 Å². The summed E-state index contributed by atoms with van der Waals surface area (Å²) < 4.78 is 16.0. The minimum atomic E-state index is -0.931. The van der Waals surface area contributed by atoms with Crippen LogP contribution in [0.25, 0.3) is 10.9 Å². The maximum Gasteiger partial charge on any atom is 0.323 e. The van der Waals surface area contributed by atoms with Gasteiger partial charge in [0.25, 0.3) is 0 Å². The van der Waals surface area contributed by atoms with Crippen molar-refractivity contribution in [1.82, 2.24) is 9.47 Å². The summed E-state index contributed by atoms with van der Waals surface area (Å²) in [6, 6.07) is 24.3. The Morgan fingerprint density at radius 1 is 1.06 bits per heavy atom. The maximum absolute atomic E-state index is 14.2. The largest absolute Gasteiger partial charge is 0.480 e. The Balaban J connectivity index is 1.45. The Morgan fingerprint density at radius 2 is 1.75 bits per heavy atom. The van der Waals surface area contributed by atoms with Gasteiger partial charge in [0.05, 0.1) is 5.92 Å². The van der Waals surface area contributed by atoms with Crippen molar-refractivity contribution in [1.29, 1.82) is 0 Å². The zero-order valence-electron chi connectivity index (χ0n) is 20.2. The first-order valence-corrected chi connectivity index (χ1v) is 12.3. The third-order valence-corrected chi connectivity index (χ3v) is 7.37. The number of nitrogens with zero attached hydrogens (tertiary/aromatic N) is 2. The first-order valence-electron chi connectivity index (χ1n) is 12.3. The number of rotatable bonds is 7. The number of carboxylic acid groups (broad SMARTS) is 1. The van der Waals surface area contributed by atoms with Gasteiger partial charge in [-0.2, -0.15) is 0 Å². The number of carbonyl (C=O) groups is 2. The van der Waals surface area contributed by atoms with Crippen LogP contribution in [0.5, 0.6) is 0 Å². The van der Waals surface area contributed by atoms with Crippen LogP contribution in [0.2, 0.25) is 0 Å². The summed E-state index contributed by atoms with van der Waals surface area (Å²) in [4.78, 5) is 27.3. The molecular formula is C30H29FN2O3. The first-order chi connectivity index (χ1) is 17.4. The molecule has 5 rings (SSSR count). The van der Waals surface area contributed by atoms with Crippen LogP contribution in [0.3, 0.4) is 0 Å². The van der Waals surface area contributed by atoms with Crippen molar-refractivity contribution < 1.29 is 19.1 Å². The Hall–Kier alpha value is -3.93.